The third-order valence-electron chi connectivity index (χ3n) is 2.89. The largest absolute Gasteiger partial charge is 0.306 e. The van der Waals surface area contributed by atoms with Gasteiger partial charge in [0.1, 0.15) is 0 Å². The summed E-state index contributed by atoms with van der Waals surface area (Å²) in [5.74, 6) is 0. The van der Waals surface area contributed by atoms with Crippen molar-refractivity contribution < 1.29 is 0 Å². The van der Waals surface area contributed by atoms with Gasteiger partial charge < -0.3 is 5.32 Å². The molecule has 1 heterocycles. The van der Waals surface area contributed by atoms with Crippen LogP contribution in [0.5, 0.6) is 0 Å². The van der Waals surface area contributed by atoms with Crippen molar-refractivity contribution >= 4 is 38.9 Å². The molecule has 0 aliphatic heterocycles. The minimum absolute atomic E-state index is 0.189. The summed E-state index contributed by atoms with van der Waals surface area (Å²) in [4.78, 5) is 0. The number of aryl methyl sites for hydroxylation is 1. The van der Waals surface area contributed by atoms with Gasteiger partial charge in [-0.1, -0.05) is 30.7 Å². The Labute approximate surface area is 125 Å². The lowest BCUT2D eigenvalue weighted by molar-refractivity contribution is 0.630. The van der Waals surface area contributed by atoms with Crippen LogP contribution in [0.25, 0.3) is 0 Å². The molecule has 2 rings (SSSR count). The highest BCUT2D eigenvalue weighted by atomic mass is 79.9. The maximum Gasteiger partial charge on any atom is 0.0596 e. The van der Waals surface area contributed by atoms with Gasteiger partial charge in [-0.15, -0.1) is 0 Å². The summed E-state index contributed by atoms with van der Waals surface area (Å²) >= 11 is 11.5. The van der Waals surface area contributed by atoms with Crippen LogP contribution < -0.4 is 5.32 Å². The van der Waals surface area contributed by atoms with Gasteiger partial charge in [0.25, 0.3) is 0 Å². The highest BCUT2D eigenvalue weighted by Crippen LogP contribution is 2.33. The van der Waals surface area contributed by atoms with E-state index in [0.29, 0.717) is 0 Å². The predicted octanol–water partition coefficient (Wildman–Crippen LogP) is 5.17. The van der Waals surface area contributed by atoms with Crippen LogP contribution >= 0.6 is 38.9 Å². The summed E-state index contributed by atoms with van der Waals surface area (Å²) in [5, 5.41) is 8.61. The molecule has 0 bridgehead atoms. The van der Waals surface area contributed by atoms with E-state index in [0.717, 1.165) is 21.6 Å². The highest BCUT2D eigenvalue weighted by molar-refractivity contribution is 9.10. The van der Waals surface area contributed by atoms with Crippen molar-refractivity contribution in [3.8, 4) is 0 Å². The quantitative estimate of drug-likeness (QED) is 0.806. The summed E-state index contributed by atoms with van der Waals surface area (Å²) < 4.78 is 1.15. The maximum absolute atomic E-state index is 6.22. The molecule has 0 saturated carbocycles. The molecule has 1 aromatic heterocycles. The highest BCUT2D eigenvalue weighted by Gasteiger charge is 2.17. The van der Waals surface area contributed by atoms with Gasteiger partial charge in [-0.25, -0.2) is 0 Å². The molecule has 0 saturated heterocycles. The first-order chi connectivity index (χ1) is 8.63. The molecule has 4 heteroatoms. The number of halogens is 2. The van der Waals surface area contributed by atoms with Crippen molar-refractivity contribution in [1.29, 1.82) is 0 Å². The van der Waals surface area contributed by atoms with Crippen LogP contribution in [0.1, 0.15) is 29.7 Å². The molecule has 1 nitrogen and oxygen atoms in total. The molecule has 1 atom stereocenters. The van der Waals surface area contributed by atoms with Gasteiger partial charge >= 0.3 is 0 Å². The van der Waals surface area contributed by atoms with E-state index < -0.39 is 0 Å². The minimum Gasteiger partial charge on any atom is -0.306 e. The van der Waals surface area contributed by atoms with Gasteiger partial charge in [-0.2, -0.15) is 11.3 Å². The fourth-order valence-corrected chi connectivity index (χ4v) is 3.64. The Balaban J connectivity index is 2.41. The lowest BCUT2D eigenvalue weighted by Gasteiger charge is -2.19. The van der Waals surface area contributed by atoms with Crippen LogP contribution in [0.2, 0.25) is 5.02 Å². The van der Waals surface area contributed by atoms with E-state index in [-0.39, 0.29) is 6.04 Å². The standard InChI is InChI=1S/C14H15BrClNS/c1-3-17-14(11-7-18-8-12(11)15)10-5-4-9(2)13(16)6-10/h4-8,14,17H,3H2,1-2H3. The number of benzene rings is 1. The fourth-order valence-electron chi connectivity index (χ4n) is 1.90. The number of rotatable bonds is 4. The third-order valence-corrected chi connectivity index (χ3v) is 5.05. The smallest absolute Gasteiger partial charge is 0.0596 e. The zero-order valence-electron chi connectivity index (χ0n) is 10.3. The zero-order chi connectivity index (χ0) is 13.1. The Morgan fingerprint density at radius 2 is 2.17 bits per heavy atom. The van der Waals surface area contributed by atoms with E-state index >= 15 is 0 Å². The van der Waals surface area contributed by atoms with Crippen molar-refractivity contribution in [1.82, 2.24) is 5.32 Å². The van der Waals surface area contributed by atoms with Gasteiger partial charge in [0, 0.05) is 14.9 Å². The van der Waals surface area contributed by atoms with Crippen molar-refractivity contribution in [3.05, 3.63) is 55.1 Å². The van der Waals surface area contributed by atoms with Gasteiger partial charge in [0.05, 0.1) is 6.04 Å². The second kappa shape index (κ2) is 6.20. The van der Waals surface area contributed by atoms with Gasteiger partial charge in [-0.05, 0) is 57.5 Å². The molecule has 18 heavy (non-hydrogen) atoms. The SMILES string of the molecule is CCNC(c1ccc(C)c(Cl)c1)c1cscc1Br. The van der Waals surface area contributed by atoms with Crippen molar-refractivity contribution in [3.63, 3.8) is 0 Å². The Hall–Kier alpha value is -0.350. The molecule has 96 valence electrons. The van der Waals surface area contributed by atoms with E-state index in [1.54, 1.807) is 11.3 Å². The topological polar surface area (TPSA) is 12.0 Å². The molecule has 0 spiro atoms. The molecular formula is C14H15BrClNS. The second-order valence-corrected chi connectivity index (χ2v) is 6.18. The molecule has 0 amide bonds. The number of hydrogen-bond acceptors (Lipinski definition) is 2. The summed E-state index contributed by atoms with van der Waals surface area (Å²) in [6.45, 7) is 5.05. The molecule has 0 aliphatic rings. The Morgan fingerprint density at radius 1 is 1.39 bits per heavy atom. The van der Waals surface area contributed by atoms with Crippen molar-refractivity contribution in [2.24, 2.45) is 0 Å². The monoisotopic (exact) mass is 343 g/mol. The van der Waals surface area contributed by atoms with Crippen LogP contribution in [0.3, 0.4) is 0 Å². The third kappa shape index (κ3) is 2.97. The first kappa shape index (κ1) is 14.1. The van der Waals surface area contributed by atoms with Gasteiger partial charge in [0.2, 0.25) is 0 Å². The molecule has 1 aromatic carbocycles. The molecule has 1 N–H and O–H groups in total. The summed E-state index contributed by atoms with van der Waals surface area (Å²) in [6, 6.07) is 6.45. The number of nitrogens with one attached hydrogen (secondary N) is 1. The summed E-state index contributed by atoms with van der Waals surface area (Å²) in [6.07, 6.45) is 0. The molecule has 0 aliphatic carbocycles. The average Bonchev–Trinajstić information content (AvgIpc) is 2.76. The van der Waals surface area contributed by atoms with E-state index in [4.69, 9.17) is 11.6 Å². The maximum atomic E-state index is 6.22. The first-order valence-electron chi connectivity index (χ1n) is 5.84. The van der Waals surface area contributed by atoms with Crippen molar-refractivity contribution in [2.45, 2.75) is 19.9 Å². The van der Waals surface area contributed by atoms with E-state index in [1.165, 1.54) is 11.1 Å². The summed E-state index contributed by atoms with van der Waals surface area (Å²) in [7, 11) is 0. The first-order valence-corrected chi connectivity index (χ1v) is 7.96. The van der Waals surface area contributed by atoms with E-state index in [2.05, 4.69) is 51.1 Å². The second-order valence-electron chi connectivity index (χ2n) is 4.17. The van der Waals surface area contributed by atoms with E-state index in [9.17, 15) is 0 Å². The van der Waals surface area contributed by atoms with Crippen LogP contribution in [-0.4, -0.2) is 6.54 Å². The van der Waals surface area contributed by atoms with Crippen LogP contribution in [0, 0.1) is 6.92 Å². The Morgan fingerprint density at radius 3 is 2.72 bits per heavy atom. The van der Waals surface area contributed by atoms with Gasteiger partial charge in [0.15, 0.2) is 0 Å². The minimum atomic E-state index is 0.189. The lowest BCUT2D eigenvalue weighted by atomic mass is 10.00. The fraction of sp³-hybridized carbons (Fsp3) is 0.286. The van der Waals surface area contributed by atoms with Crippen LogP contribution in [0.4, 0.5) is 0 Å². The Bertz CT molecular complexity index is 538. The zero-order valence-corrected chi connectivity index (χ0v) is 13.5. The normalized spacial score (nSPS) is 12.7. The molecule has 0 radical (unpaired) electrons. The molecule has 2 aromatic rings. The van der Waals surface area contributed by atoms with Crippen LogP contribution in [0.15, 0.2) is 33.4 Å². The lowest BCUT2D eigenvalue weighted by Crippen LogP contribution is -2.21. The van der Waals surface area contributed by atoms with Crippen LogP contribution in [-0.2, 0) is 0 Å². The number of hydrogen-bond donors (Lipinski definition) is 1. The predicted molar refractivity (Wildman–Crippen MR) is 83.7 cm³/mol. The number of thiophene rings is 1. The molecule has 1 unspecified atom stereocenters. The molecule has 0 fully saturated rings. The average molecular weight is 345 g/mol. The Kier molecular flexibility index (Phi) is 4.84. The van der Waals surface area contributed by atoms with Crippen molar-refractivity contribution in [2.75, 3.05) is 6.54 Å². The van der Waals surface area contributed by atoms with Gasteiger partial charge in [-0.3, -0.25) is 0 Å². The molecular weight excluding hydrogens is 330 g/mol. The van der Waals surface area contributed by atoms with E-state index in [1.807, 2.05) is 13.0 Å². The summed E-state index contributed by atoms with van der Waals surface area (Å²) in [5.41, 5.74) is 3.58.